The molecule has 2 aliphatic rings. The van der Waals surface area contributed by atoms with Gasteiger partial charge >= 0.3 is 0 Å². The lowest BCUT2D eigenvalue weighted by Gasteiger charge is -2.32. The first-order chi connectivity index (χ1) is 9.78. The van der Waals surface area contributed by atoms with Crippen LogP contribution in [-0.4, -0.2) is 50.3 Å². The van der Waals surface area contributed by atoms with E-state index >= 15 is 0 Å². The molecule has 0 aliphatic carbocycles. The number of nitrogens with zero attached hydrogens (tertiary/aromatic N) is 2. The van der Waals surface area contributed by atoms with Gasteiger partial charge in [-0.05, 0) is 24.1 Å². The molecule has 0 radical (unpaired) electrons. The van der Waals surface area contributed by atoms with Crippen LogP contribution < -0.4 is 4.90 Å². The lowest BCUT2D eigenvalue weighted by molar-refractivity contribution is 0.0209. The molecule has 3 nitrogen and oxygen atoms in total. The van der Waals surface area contributed by atoms with E-state index in [2.05, 4.69) is 43.9 Å². The van der Waals surface area contributed by atoms with E-state index in [1.807, 2.05) is 0 Å². The van der Waals surface area contributed by atoms with Gasteiger partial charge in [-0.1, -0.05) is 33.6 Å². The summed E-state index contributed by atoms with van der Waals surface area (Å²) in [5, 5.41) is 1.72. The third-order valence-corrected chi connectivity index (χ3v) is 5.18. The summed E-state index contributed by atoms with van der Waals surface area (Å²) in [4.78, 5) is 4.98. The average Bonchev–Trinajstić information content (AvgIpc) is 2.97. The standard InChI is InChI=1S/C15H20BrClN2O/c16-10-12-1-2-15(14(17)9-12)19-4-3-13(11-19)18-5-7-20-8-6-18/h1-2,9,13H,3-8,10-11H2. The van der Waals surface area contributed by atoms with Crippen molar-refractivity contribution >= 4 is 33.2 Å². The average molecular weight is 360 g/mol. The first kappa shape index (κ1) is 14.6. The van der Waals surface area contributed by atoms with Crippen LogP contribution in [0.25, 0.3) is 0 Å². The predicted molar refractivity (Wildman–Crippen MR) is 87.1 cm³/mol. The van der Waals surface area contributed by atoms with Gasteiger partial charge in [0.05, 0.1) is 23.9 Å². The molecule has 2 saturated heterocycles. The van der Waals surface area contributed by atoms with Crippen LogP contribution in [0.4, 0.5) is 5.69 Å². The number of hydrogen-bond donors (Lipinski definition) is 0. The molecule has 0 N–H and O–H groups in total. The Kier molecular flexibility index (Phi) is 4.87. The zero-order valence-corrected chi connectivity index (χ0v) is 13.9. The zero-order valence-electron chi connectivity index (χ0n) is 11.5. The van der Waals surface area contributed by atoms with Crippen LogP contribution in [0.3, 0.4) is 0 Å². The van der Waals surface area contributed by atoms with Gasteiger partial charge in [0.2, 0.25) is 0 Å². The molecular weight excluding hydrogens is 340 g/mol. The molecule has 1 unspecified atom stereocenters. The molecule has 0 aromatic heterocycles. The maximum absolute atomic E-state index is 6.43. The molecule has 0 amide bonds. The monoisotopic (exact) mass is 358 g/mol. The van der Waals surface area contributed by atoms with Crippen LogP contribution in [-0.2, 0) is 10.1 Å². The zero-order chi connectivity index (χ0) is 13.9. The molecule has 20 heavy (non-hydrogen) atoms. The Bertz CT molecular complexity index is 465. The minimum Gasteiger partial charge on any atom is -0.379 e. The van der Waals surface area contributed by atoms with Crippen LogP contribution >= 0.6 is 27.5 Å². The van der Waals surface area contributed by atoms with Crippen molar-refractivity contribution < 1.29 is 4.74 Å². The van der Waals surface area contributed by atoms with Crippen molar-refractivity contribution in [1.29, 1.82) is 0 Å². The van der Waals surface area contributed by atoms with Gasteiger partial charge in [-0.15, -0.1) is 0 Å². The van der Waals surface area contributed by atoms with E-state index in [9.17, 15) is 0 Å². The fourth-order valence-corrected chi connectivity index (χ4v) is 3.76. The van der Waals surface area contributed by atoms with Crippen LogP contribution in [0.1, 0.15) is 12.0 Å². The Balaban J connectivity index is 1.67. The molecule has 1 aromatic carbocycles. The number of benzene rings is 1. The highest BCUT2D eigenvalue weighted by Crippen LogP contribution is 2.31. The lowest BCUT2D eigenvalue weighted by atomic mass is 10.2. The summed E-state index contributed by atoms with van der Waals surface area (Å²) in [7, 11) is 0. The first-order valence-electron chi connectivity index (χ1n) is 7.19. The minimum absolute atomic E-state index is 0.644. The van der Waals surface area contributed by atoms with Crippen molar-refractivity contribution in [2.24, 2.45) is 0 Å². The Morgan fingerprint density at radius 1 is 1.25 bits per heavy atom. The molecule has 1 aromatic rings. The van der Waals surface area contributed by atoms with Gasteiger partial charge in [-0.25, -0.2) is 0 Å². The molecule has 2 fully saturated rings. The molecule has 2 heterocycles. The van der Waals surface area contributed by atoms with Gasteiger partial charge in [0.1, 0.15) is 0 Å². The number of anilines is 1. The summed E-state index contributed by atoms with van der Waals surface area (Å²) in [6.45, 7) is 6.04. The van der Waals surface area contributed by atoms with E-state index < -0.39 is 0 Å². The molecular formula is C15H20BrClN2O. The molecule has 0 spiro atoms. The van der Waals surface area contributed by atoms with E-state index in [0.717, 1.165) is 49.7 Å². The summed E-state index contributed by atoms with van der Waals surface area (Å²) in [5.74, 6) is 0. The van der Waals surface area contributed by atoms with E-state index in [4.69, 9.17) is 16.3 Å². The van der Waals surface area contributed by atoms with E-state index in [0.29, 0.717) is 6.04 Å². The Morgan fingerprint density at radius 2 is 2.05 bits per heavy atom. The second kappa shape index (κ2) is 6.65. The lowest BCUT2D eigenvalue weighted by Crippen LogP contribution is -2.44. The summed E-state index contributed by atoms with van der Waals surface area (Å²) in [5.41, 5.74) is 2.40. The van der Waals surface area contributed by atoms with Crippen LogP contribution in [0.15, 0.2) is 18.2 Å². The third kappa shape index (κ3) is 3.14. The summed E-state index contributed by atoms with van der Waals surface area (Å²) in [6, 6.07) is 7.01. The number of ether oxygens (including phenoxy) is 1. The molecule has 3 rings (SSSR count). The Hall–Kier alpha value is -0.290. The number of rotatable bonds is 3. The number of alkyl halides is 1. The van der Waals surface area contributed by atoms with Gasteiger partial charge < -0.3 is 9.64 Å². The van der Waals surface area contributed by atoms with E-state index in [1.165, 1.54) is 17.7 Å². The van der Waals surface area contributed by atoms with Crippen molar-refractivity contribution in [3.63, 3.8) is 0 Å². The van der Waals surface area contributed by atoms with Crippen molar-refractivity contribution in [2.45, 2.75) is 17.8 Å². The van der Waals surface area contributed by atoms with Crippen molar-refractivity contribution in [3.05, 3.63) is 28.8 Å². The van der Waals surface area contributed by atoms with Crippen LogP contribution in [0, 0.1) is 0 Å². The highest BCUT2D eigenvalue weighted by molar-refractivity contribution is 9.08. The van der Waals surface area contributed by atoms with Crippen molar-refractivity contribution in [2.75, 3.05) is 44.3 Å². The molecule has 0 saturated carbocycles. The maximum Gasteiger partial charge on any atom is 0.0642 e. The molecule has 110 valence electrons. The number of halogens is 2. The first-order valence-corrected chi connectivity index (χ1v) is 8.69. The number of hydrogen-bond acceptors (Lipinski definition) is 3. The quantitative estimate of drug-likeness (QED) is 0.771. The summed E-state index contributed by atoms with van der Waals surface area (Å²) in [6.07, 6.45) is 1.22. The third-order valence-electron chi connectivity index (χ3n) is 4.23. The van der Waals surface area contributed by atoms with Crippen LogP contribution in [0.5, 0.6) is 0 Å². The molecule has 0 bridgehead atoms. The molecule has 5 heteroatoms. The van der Waals surface area contributed by atoms with E-state index in [1.54, 1.807) is 0 Å². The van der Waals surface area contributed by atoms with Gasteiger partial charge in [0.25, 0.3) is 0 Å². The van der Waals surface area contributed by atoms with Gasteiger partial charge in [-0.2, -0.15) is 0 Å². The van der Waals surface area contributed by atoms with E-state index in [-0.39, 0.29) is 0 Å². The SMILES string of the molecule is Clc1cc(CBr)ccc1N1CCC(N2CCOCC2)C1. The van der Waals surface area contributed by atoms with Gasteiger partial charge in [-0.3, -0.25) is 4.90 Å². The highest BCUT2D eigenvalue weighted by Gasteiger charge is 2.29. The summed E-state index contributed by atoms with van der Waals surface area (Å²) >= 11 is 9.90. The topological polar surface area (TPSA) is 15.7 Å². The van der Waals surface area contributed by atoms with Gasteiger partial charge in [0.15, 0.2) is 0 Å². The Labute approximate surface area is 134 Å². The normalized spacial score (nSPS) is 24.3. The second-order valence-electron chi connectivity index (χ2n) is 5.46. The minimum atomic E-state index is 0.644. The maximum atomic E-state index is 6.43. The fraction of sp³-hybridized carbons (Fsp3) is 0.600. The Morgan fingerprint density at radius 3 is 2.75 bits per heavy atom. The second-order valence-corrected chi connectivity index (χ2v) is 6.42. The van der Waals surface area contributed by atoms with Crippen LogP contribution in [0.2, 0.25) is 5.02 Å². The highest BCUT2D eigenvalue weighted by atomic mass is 79.9. The summed E-state index contributed by atoms with van der Waals surface area (Å²) < 4.78 is 5.43. The molecule has 2 aliphatic heterocycles. The fourth-order valence-electron chi connectivity index (χ4n) is 3.09. The molecule has 1 atom stereocenters. The van der Waals surface area contributed by atoms with Crippen molar-refractivity contribution in [3.8, 4) is 0 Å². The largest absolute Gasteiger partial charge is 0.379 e. The van der Waals surface area contributed by atoms with Crippen molar-refractivity contribution in [1.82, 2.24) is 4.90 Å². The van der Waals surface area contributed by atoms with Gasteiger partial charge in [0, 0.05) is 37.6 Å². The predicted octanol–water partition coefficient (Wildman–Crippen LogP) is 3.15. The number of morpholine rings is 1. The smallest absolute Gasteiger partial charge is 0.0642 e.